The van der Waals surface area contributed by atoms with Crippen molar-refractivity contribution in [3.05, 3.63) is 22.7 Å². The third-order valence-corrected chi connectivity index (χ3v) is 5.85. The molecule has 114 valence electrons. The Morgan fingerprint density at radius 3 is 3.05 bits per heavy atom. The zero-order valence-electron chi connectivity index (χ0n) is 12.3. The maximum Gasteiger partial charge on any atom is 0.246 e. The Balaban J connectivity index is 1.91. The third kappa shape index (κ3) is 2.74. The van der Waals surface area contributed by atoms with E-state index in [4.69, 9.17) is 11.6 Å². The van der Waals surface area contributed by atoms with E-state index in [2.05, 4.69) is 22.5 Å². The smallest absolute Gasteiger partial charge is 0.246 e. The number of carbonyl (C=O) groups is 1. The summed E-state index contributed by atoms with van der Waals surface area (Å²) in [7, 11) is 1.79. The van der Waals surface area contributed by atoms with Crippen LogP contribution in [0.5, 0.6) is 0 Å². The molecule has 0 spiro atoms. The first-order chi connectivity index (χ1) is 10.1. The summed E-state index contributed by atoms with van der Waals surface area (Å²) in [5.74, 6) is 1.11. The number of anilines is 2. The van der Waals surface area contributed by atoms with Crippen molar-refractivity contribution in [1.82, 2.24) is 5.32 Å². The van der Waals surface area contributed by atoms with Gasteiger partial charge in [-0.1, -0.05) is 18.5 Å². The van der Waals surface area contributed by atoms with Crippen molar-refractivity contribution < 1.29 is 4.79 Å². The molecule has 2 heterocycles. The van der Waals surface area contributed by atoms with Gasteiger partial charge in [0.05, 0.1) is 10.7 Å². The van der Waals surface area contributed by atoms with Crippen molar-refractivity contribution in [2.75, 3.05) is 36.1 Å². The fourth-order valence-electron chi connectivity index (χ4n) is 2.98. The standard InChI is InChI=1S/C15H20ClN3OS/c1-3-9-8-19(4-5-21-9)13-7-12-10(6-11(13)16)14(17-2)15(20)18-12/h6-7,9,14,17H,3-5,8H2,1-2H3,(H,18,20). The van der Waals surface area contributed by atoms with Crippen molar-refractivity contribution >= 4 is 40.6 Å². The molecule has 6 heteroatoms. The normalized spacial score (nSPS) is 24.9. The Morgan fingerprint density at radius 2 is 2.33 bits per heavy atom. The average molecular weight is 326 g/mol. The van der Waals surface area contributed by atoms with E-state index in [-0.39, 0.29) is 11.9 Å². The monoisotopic (exact) mass is 325 g/mol. The summed E-state index contributed by atoms with van der Waals surface area (Å²) in [5.41, 5.74) is 2.85. The Kier molecular flexibility index (Phi) is 4.33. The zero-order chi connectivity index (χ0) is 15.0. The van der Waals surface area contributed by atoms with E-state index in [9.17, 15) is 4.79 Å². The van der Waals surface area contributed by atoms with Gasteiger partial charge in [-0.3, -0.25) is 4.79 Å². The molecule has 1 saturated heterocycles. The van der Waals surface area contributed by atoms with Crippen LogP contribution in [0.4, 0.5) is 11.4 Å². The summed E-state index contributed by atoms with van der Waals surface area (Å²) in [5, 5.41) is 7.35. The summed E-state index contributed by atoms with van der Waals surface area (Å²) < 4.78 is 0. The molecule has 4 nitrogen and oxygen atoms in total. The number of hydrogen-bond donors (Lipinski definition) is 2. The van der Waals surface area contributed by atoms with E-state index in [1.807, 2.05) is 23.9 Å². The number of amides is 1. The largest absolute Gasteiger partial charge is 0.368 e. The molecule has 0 aromatic heterocycles. The molecule has 1 fully saturated rings. The van der Waals surface area contributed by atoms with Gasteiger partial charge in [-0.05, 0) is 25.6 Å². The second-order valence-electron chi connectivity index (χ2n) is 5.45. The molecule has 0 bridgehead atoms. The zero-order valence-corrected chi connectivity index (χ0v) is 13.9. The van der Waals surface area contributed by atoms with Crippen LogP contribution < -0.4 is 15.5 Å². The molecule has 2 aliphatic heterocycles. The SMILES string of the molecule is CCC1CN(c2cc3c(cc2Cl)C(NC)C(=O)N3)CCS1. The number of likely N-dealkylation sites (N-methyl/N-ethyl adjacent to an activating group) is 1. The number of carbonyl (C=O) groups excluding carboxylic acids is 1. The fourth-order valence-corrected chi connectivity index (χ4v) is 4.46. The minimum Gasteiger partial charge on any atom is -0.368 e. The maximum absolute atomic E-state index is 11.9. The Morgan fingerprint density at radius 1 is 1.52 bits per heavy atom. The molecule has 2 unspecified atom stereocenters. The molecule has 0 aliphatic carbocycles. The number of benzene rings is 1. The number of rotatable bonds is 3. The van der Waals surface area contributed by atoms with Crippen LogP contribution in [0.3, 0.4) is 0 Å². The molecule has 2 aliphatic rings. The highest BCUT2D eigenvalue weighted by Gasteiger charge is 2.31. The number of fused-ring (bicyclic) bond motifs is 1. The molecule has 21 heavy (non-hydrogen) atoms. The highest BCUT2D eigenvalue weighted by atomic mass is 35.5. The van der Waals surface area contributed by atoms with Gasteiger partial charge in [0.2, 0.25) is 5.91 Å². The van der Waals surface area contributed by atoms with E-state index in [1.165, 1.54) is 6.42 Å². The maximum atomic E-state index is 11.9. The van der Waals surface area contributed by atoms with Gasteiger partial charge in [-0.2, -0.15) is 11.8 Å². The summed E-state index contributed by atoms with van der Waals surface area (Å²) >= 11 is 8.52. The van der Waals surface area contributed by atoms with Gasteiger partial charge in [-0.15, -0.1) is 0 Å². The minimum absolute atomic E-state index is 0.0126. The molecule has 1 aromatic rings. The summed E-state index contributed by atoms with van der Waals surface area (Å²) in [6.07, 6.45) is 1.17. The Bertz CT molecular complexity index is 566. The van der Waals surface area contributed by atoms with Crippen LogP contribution >= 0.6 is 23.4 Å². The topological polar surface area (TPSA) is 44.4 Å². The fraction of sp³-hybridized carbons (Fsp3) is 0.533. The van der Waals surface area contributed by atoms with E-state index < -0.39 is 0 Å². The molecule has 0 radical (unpaired) electrons. The average Bonchev–Trinajstić information content (AvgIpc) is 2.80. The number of nitrogens with one attached hydrogen (secondary N) is 2. The molecular formula is C15H20ClN3OS. The predicted molar refractivity (Wildman–Crippen MR) is 90.6 cm³/mol. The van der Waals surface area contributed by atoms with Crippen LogP contribution in [0.1, 0.15) is 24.9 Å². The molecule has 1 amide bonds. The van der Waals surface area contributed by atoms with Gasteiger partial charge in [0, 0.05) is 35.3 Å². The van der Waals surface area contributed by atoms with Gasteiger partial charge >= 0.3 is 0 Å². The quantitative estimate of drug-likeness (QED) is 0.897. The second-order valence-corrected chi connectivity index (χ2v) is 7.26. The van der Waals surface area contributed by atoms with Gasteiger partial charge in [0.1, 0.15) is 6.04 Å². The van der Waals surface area contributed by atoms with Crippen molar-refractivity contribution in [3.63, 3.8) is 0 Å². The summed E-state index contributed by atoms with van der Waals surface area (Å²) in [6.45, 7) is 4.25. The van der Waals surface area contributed by atoms with Crippen molar-refractivity contribution in [1.29, 1.82) is 0 Å². The second kappa shape index (κ2) is 6.07. The molecule has 1 aromatic carbocycles. The van der Waals surface area contributed by atoms with E-state index >= 15 is 0 Å². The lowest BCUT2D eigenvalue weighted by atomic mass is 10.1. The number of halogens is 1. The van der Waals surface area contributed by atoms with Crippen molar-refractivity contribution in [2.45, 2.75) is 24.6 Å². The molecule has 0 saturated carbocycles. The third-order valence-electron chi connectivity index (χ3n) is 4.17. The molecule has 3 rings (SSSR count). The van der Waals surface area contributed by atoms with Crippen LogP contribution in [-0.4, -0.2) is 37.0 Å². The van der Waals surface area contributed by atoms with Gasteiger partial charge in [0.15, 0.2) is 0 Å². The Hall–Kier alpha value is -0.910. The lowest BCUT2D eigenvalue weighted by Crippen LogP contribution is -2.37. The number of nitrogens with zero attached hydrogens (tertiary/aromatic N) is 1. The molecule has 2 atom stereocenters. The first-order valence-corrected chi connectivity index (χ1v) is 8.74. The van der Waals surface area contributed by atoms with Crippen LogP contribution in [0, 0.1) is 0 Å². The number of hydrogen-bond acceptors (Lipinski definition) is 4. The Labute approximate surface area is 134 Å². The van der Waals surface area contributed by atoms with Crippen LogP contribution in [0.2, 0.25) is 5.02 Å². The van der Waals surface area contributed by atoms with Gasteiger partial charge < -0.3 is 15.5 Å². The first kappa shape index (κ1) is 15.0. The van der Waals surface area contributed by atoms with Crippen molar-refractivity contribution in [2.24, 2.45) is 0 Å². The van der Waals surface area contributed by atoms with Crippen LogP contribution in [0.15, 0.2) is 12.1 Å². The lowest BCUT2D eigenvalue weighted by Gasteiger charge is -2.34. The summed E-state index contributed by atoms with van der Waals surface area (Å²) in [6, 6.07) is 3.65. The van der Waals surface area contributed by atoms with Gasteiger partial charge in [-0.25, -0.2) is 0 Å². The molecule has 2 N–H and O–H groups in total. The molecular weight excluding hydrogens is 306 g/mol. The number of thioether (sulfide) groups is 1. The van der Waals surface area contributed by atoms with Crippen LogP contribution in [-0.2, 0) is 4.79 Å². The van der Waals surface area contributed by atoms with Crippen LogP contribution in [0.25, 0.3) is 0 Å². The lowest BCUT2D eigenvalue weighted by molar-refractivity contribution is -0.117. The van der Waals surface area contributed by atoms with E-state index in [0.29, 0.717) is 5.25 Å². The van der Waals surface area contributed by atoms with E-state index in [0.717, 1.165) is 40.8 Å². The summed E-state index contributed by atoms with van der Waals surface area (Å²) in [4.78, 5) is 14.3. The van der Waals surface area contributed by atoms with Crippen molar-refractivity contribution in [3.8, 4) is 0 Å². The highest BCUT2D eigenvalue weighted by molar-refractivity contribution is 8.00. The predicted octanol–water partition coefficient (Wildman–Crippen LogP) is 2.88. The van der Waals surface area contributed by atoms with E-state index in [1.54, 1.807) is 7.05 Å². The van der Waals surface area contributed by atoms with Gasteiger partial charge in [0.25, 0.3) is 0 Å². The highest BCUT2D eigenvalue weighted by Crippen LogP contribution is 2.40. The first-order valence-electron chi connectivity index (χ1n) is 7.32. The minimum atomic E-state index is -0.299.